The Morgan fingerprint density at radius 3 is 2.72 bits per heavy atom. The summed E-state index contributed by atoms with van der Waals surface area (Å²) in [7, 11) is 1.35. The molecule has 0 saturated heterocycles. The van der Waals surface area contributed by atoms with E-state index in [2.05, 4.69) is 10.1 Å². The van der Waals surface area contributed by atoms with Crippen molar-refractivity contribution in [3.63, 3.8) is 0 Å². The van der Waals surface area contributed by atoms with Gasteiger partial charge < -0.3 is 10.1 Å². The van der Waals surface area contributed by atoms with Crippen molar-refractivity contribution in [3.8, 4) is 0 Å². The zero-order valence-corrected chi connectivity index (χ0v) is 11.8. The fourth-order valence-corrected chi connectivity index (χ4v) is 2.15. The quantitative estimate of drug-likeness (QED) is 0.804. The van der Waals surface area contributed by atoms with Gasteiger partial charge in [0.1, 0.15) is 0 Å². The molecular weight excluding hydrogens is 250 g/mol. The number of ether oxygens (including phenoxy) is 1. The minimum Gasteiger partial charge on any atom is -0.469 e. The predicted molar refractivity (Wildman–Crippen MR) is 71.4 cm³/mol. The fourth-order valence-electron chi connectivity index (χ4n) is 1.45. The molecule has 0 atom stereocenters. The maximum Gasteiger partial charge on any atom is 0.313 e. The van der Waals surface area contributed by atoms with Gasteiger partial charge in [-0.05, 0) is 42.7 Å². The van der Waals surface area contributed by atoms with Crippen LogP contribution in [0.3, 0.4) is 0 Å². The molecule has 0 fully saturated rings. The first-order valence-electron chi connectivity index (χ1n) is 5.82. The van der Waals surface area contributed by atoms with Crippen LogP contribution in [0.25, 0.3) is 0 Å². The van der Waals surface area contributed by atoms with E-state index in [1.807, 2.05) is 16.8 Å². The maximum atomic E-state index is 11.6. The molecule has 1 N–H and O–H groups in total. The first-order valence-corrected chi connectivity index (χ1v) is 6.76. The zero-order valence-electron chi connectivity index (χ0n) is 11.0. The molecule has 18 heavy (non-hydrogen) atoms. The molecule has 5 heteroatoms. The van der Waals surface area contributed by atoms with E-state index in [1.54, 1.807) is 25.2 Å². The average molecular weight is 269 g/mol. The first-order chi connectivity index (χ1) is 8.45. The maximum absolute atomic E-state index is 11.6. The van der Waals surface area contributed by atoms with Crippen LogP contribution in [0, 0.1) is 5.41 Å². The summed E-state index contributed by atoms with van der Waals surface area (Å²) in [6.45, 7) is 3.79. The SMILES string of the molecule is COC(=O)C(C)(C)CNC(=O)CCc1ccsc1. The van der Waals surface area contributed by atoms with Crippen LogP contribution in [0.2, 0.25) is 0 Å². The topological polar surface area (TPSA) is 55.4 Å². The van der Waals surface area contributed by atoms with Crippen LogP contribution in [-0.2, 0) is 20.7 Å². The van der Waals surface area contributed by atoms with Crippen LogP contribution >= 0.6 is 11.3 Å². The van der Waals surface area contributed by atoms with E-state index in [0.29, 0.717) is 13.0 Å². The van der Waals surface area contributed by atoms with Crippen molar-refractivity contribution in [1.29, 1.82) is 0 Å². The molecule has 1 heterocycles. The second kappa shape index (κ2) is 6.54. The number of aryl methyl sites for hydroxylation is 1. The Bertz CT molecular complexity index is 398. The van der Waals surface area contributed by atoms with Crippen LogP contribution in [0.5, 0.6) is 0 Å². The summed E-state index contributed by atoms with van der Waals surface area (Å²) in [6, 6.07) is 2.01. The Morgan fingerprint density at radius 2 is 2.17 bits per heavy atom. The van der Waals surface area contributed by atoms with Gasteiger partial charge in [-0.25, -0.2) is 0 Å². The normalized spacial score (nSPS) is 11.1. The molecule has 0 aliphatic heterocycles. The molecule has 1 aromatic rings. The van der Waals surface area contributed by atoms with Crippen molar-refractivity contribution >= 4 is 23.2 Å². The summed E-state index contributed by atoms with van der Waals surface area (Å²) < 4.78 is 4.68. The summed E-state index contributed by atoms with van der Waals surface area (Å²) in [5.41, 5.74) is 0.481. The standard InChI is InChI=1S/C13H19NO3S/c1-13(2,12(16)17-3)9-14-11(15)5-4-10-6-7-18-8-10/h6-8H,4-5,9H2,1-3H3,(H,14,15). The van der Waals surface area contributed by atoms with E-state index in [-0.39, 0.29) is 11.9 Å². The lowest BCUT2D eigenvalue weighted by Gasteiger charge is -2.21. The Labute approximate surface area is 111 Å². The highest BCUT2D eigenvalue weighted by atomic mass is 32.1. The lowest BCUT2D eigenvalue weighted by molar-refractivity contribution is -0.150. The predicted octanol–water partition coefficient (Wildman–Crippen LogP) is 2.00. The van der Waals surface area contributed by atoms with Crippen LogP contribution in [-0.4, -0.2) is 25.5 Å². The summed E-state index contributed by atoms with van der Waals surface area (Å²) in [5, 5.41) is 6.79. The van der Waals surface area contributed by atoms with Gasteiger partial charge in [0.05, 0.1) is 12.5 Å². The summed E-state index contributed by atoms with van der Waals surface area (Å²) >= 11 is 1.62. The summed E-state index contributed by atoms with van der Waals surface area (Å²) in [5.74, 6) is -0.362. The van der Waals surface area contributed by atoms with Gasteiger partial charge in [0.15, 0.2) is 0 Å². The lowest BCUT2D eigenvalue weighted by Crippen LogP contribution is -2.39. The van der Waals surface area contributed by atoms with Gasteiger partial charge in [0.25, 0.3) is 0 Å². The minimum absolute atomic E-state index is 0.0434. The molecule has 0 saturated carbocycles. The molecule has 0 unspecified atom stereocenters. The highest BCUT2D eigenvalue weighted by Gasteiger charge is 2.28. The van der Waals surface area contributed by atoms with E-state index < -0.39 is 5.41 Å². The van der Waals surface area contributed by atoms with Crippen molar-refractivity contribution < 1.29 is 14.3 Å². The number of rotatable bonds is 6. The number of hydrogen-bond acceptors (Lipinski definition) is 4. The van der Waals surface area contributed by atoms with E-state index in [0.717, 1.165) is 6.42 Å². The third-order valence-corrected chi connectivity index (χ3v) is 3.42. The van der Waals surface area contributed by atoms with Crippen LogP contribution in [0.1, 0.15) is 25.8 Å². The van der Waals surface area contributed by atoms with Crippen LogP contribution < -0.4 is 5.32 Å². The monoisotopic (exact) mass is 269 g/mol. The number of esters is 1. The van der Waals surface area contributed by atoms with E-state index in [9.17, 15) is 9.59 Å². The number of methoxy groups -OCH3 is 1. The molecule has 0 aliphatic carbocycles. The van der Waals surface area contributed by atoms with E-state index in [1.165, 1.54) is 12.7 Å². The highest BCUT2D eigenvalue weighted by molar-refractivity contribution is 7.07. The number of nitrogens with one attached hydrogen (secondary N) is 1. The average Bonchev–Trinajstić information content (AvgIpc) is 2.86. The lowest BCUT2D eigenvalue weighted by atomic mass is 9.93. The van der Waals surface area contributed by atoms with Crippen molar-refractivity contribution in [2.45, 2.75) is 26.7 Å². The molecule has 0 spiro atoms. The van der Waals surface area contributed by atoms with Gasteiger partial charge >= 0.3 is 5.97 Å². The number of carbonyl (C=O) groups excluding carboxylic acids is 2. The van der Waals surface area contributed by atoms with Crippen LogP contribution in [0.4, 0.5) is 0 Å². The van der Waals surface area contributed by atoms with Crippen LogP contribution in [0.15, 0.2) is 16.8 Å². The third-order valence-electron chi connectivity index (χ3n) is 2.69. The molecule has 4 nitrogen and oxygen atoms in total. The van der Waals surface area contributed by atoms with Gasteiger partial charge in [-0.3, -0.25) is 9.59 Å². The van der Waals surface area contributed by atoms with Gasteiger partial charge in [-0.1, -0.05) is 0 Å². The van der Waals surface area contributed by atoms with E-state index in [4.69, 9.17) is 0 Å². The van der Waals surface area contributed by atoms with Gasteiger partial charge in [0, 0.05) is 13.0 Å². The van der Waals surface area contributed by atoms with E-state index >= 15 is 0 Å². The summed E-state index contributed by atoms with van der Waals surface area (Å²) in [6.07, 6.45) is 1.17. The number of thiophene rings is 1. The second-order valence-corrected chi connectivity index (χ2v) is 5.56. The van der Waals surface area contributed by atoms with Gasteiger partial charge in [-0.15, -0.1) is 0 Å². The molecular formula is C13H19NO3S. The molecule has 0 radical (unpaired) electrons. The molecule has 1 aromatic heterocycles. The van der Waals surface area contributed by atoms with Crippen molar-refractivity contribution in [2.24, 2.45) is 5.41 Å². The smallest absolute Gasteiger partial charge is 0.313 e. The fraction of sp³-hybridized carbons (Fsp3) is 0.538. The Morgan fingerprint density at radius 1 is 1.44 bits per heavy atom. The van der Waals surface area contributed by atoms with Crippen molar-refractivity contribution in [1.82, 2.24) is 5.32 Å². The van der Waals surface area contributed by atoms with Crippen molar-refractivity contribution in [2.75, 3.05) is 13.7 Å². The highest BCUT2D eigenvalue weighted by Crippen LogP contribution is 2.15. The number of carbonyl (C=O) groups is 2. The van der Waals surface area contributed by atoms with Gasteiger partial charge in [0.2, 0.25) is 5.91 Å². The number of hydrogen-bond donors (Lipinski definition) is 1. The molecule has 100 valence electrons. The molecule has 0 bridgehead atoms. The summed E-state index contributed by atoms with van der Waals surface area (Å²) in [4.78, 5) is 23.1. The minimum atomic E-state index is -0.688. The largest absolute Gasteiger partial charge is 0.469 e. The van der Waals surface area contributed by atoms with Crippen molar-refractivity contribution in [3.05, 3.63) is 22.4 Å². The third kappa shape index (κ3) is 4.49. The molecule has 0 aromatic carbocycles. The Balaban J connectivity index is 2.30. The molecule has 0 aliphatic rings. The molecule has 1 amide bonds. The Hall–Kier alpha value is -1.36. The molecule has 1 rings (SSSR count). The van der Waals surface area contributed by atoms with Gasteiger partial charge in [-0.2, -0.15) is 11.3 Å². The first kappa shape index (κ1) is 14.7. The number of amides is 1. The zero-order chi connectivity index (χ0) is 13.6. The second-order valence-electron chi connectivity index (χ2n) is 4.78. The Kier molecular flexibility index (Phi) is 5.34.